The molecule has 0 bridgehead atoms. The number of nitrogens with zero attached hydrogens (tertiary/aromatic N) is 1. The van der Waals surface area contributed by atoms with Crippen molar-refractivity contribution in [3.63, 3.8) is 0 Å². The van der Waals surface area contributed by atoms with E-state index in [2.05, 4.69) is 6.92 Å². The van der Waals surface area contributed by atoms with Crippen LogP contribution in [0.5, 0.6) is 5.75 Å². The number of amides is 1. The lowest BCUT2D eigenvalue weighted by atomic mass is 9.94. The molecule has 25 heavy (non-hydrogen) atoms. The van der Waals surface area contributed by atoms with E-state index in [-0.39, 0.29) is 11.8 Å². The largest absolute Gasteiger partial charge is 0.494 e. The van der Waals surface area contributed by atoms with Crippen molar-refractivity contribution in [1.29, 1.82) is 0 Å². The van der Waals surface area contributed by atoms with E-state index in [0.717, 1.165) is 37.0 Å². The molecule has 1 saturated carbocycles. The zero-order valence-corrected chi connectivity index (χ0v) is 14.8. The highest BCUT2D eigenvalue weighted by Gasteiger charge is 2.49. The third kappa shape index (κ3) is 3.97. The van der Waals surface area contributed by atoms with Crippen LogP contribution in [0.3, 0.4) is 0 Å². The Morgan fingerprint density at radius 3 is 2.68 bits per heavy atom. The Hall–Kier alpha value is -2.04. The van der Waals surface area contributed by atoms with Crippen LogP contribution in [-0.2, 0) is 16.0 Å². The van der Waals surface area contributed by atoms with E-state index in [1.807, 2.05) is 24.3 Å². The van der Waals surface area contributed by atoms with Gasteiger partial charge in [-0.15, -0.1) is 0 Å². The molecule has 5 nitrogen and oxygen atoms in total. The number of carbonyl (C=O) groups excluding carboxylic acids is 1. The fourth-order valence-corrected chi connectivity index (χ4v) is 4.25. The highest BCUT2D eigenvalue weighted by Crippen LogP contribution is 2.42. The minimum atomic E-state index is -0.847. The van der Waals surface area contributed by atoms with E-state index in [9.17, 15) is 14.7 Å². The van der Waals surface area contributed by atoms with Crippen molar-refractivity contribution in [2.45, 2.75) is 51.5 Å². The summed E-state index contributed by atoms with van der Waals surface area (Å²) in [5.41, 5.74) is 1.07. The maximum absolute atomic E-state index is 12.6. The highest BCUT2D eigenvalue weighted by atomic mass is 16.5. The van der Waals surface area contributed by atoms with Crippen LogP contribution in [-0.4, -0.2) is 41.1 Å². The van der Waals surface area contributed by atoms with Gasteiger partial charge in [0, 0.05) is 13.0 Å². The second-order valence-corrected chi connectivity index (χ2v) is 7.18. The first-order valence-corrected chi connectivity index (χ1v) is 9.34. The van der Waals surface area contributed by atoms with Gasteiger partial charge in [-0.1, -0.05) is 25.5 Å². The van der Waals surface area contributed by atoms with Gasteiger partial charge in [-0.25, -0.2) is 4.79 Å². The molecule has 0 radical (unpaired) electrons. The van der Waals surface area contributed by atoms with Crippen molar-refractivity contribution in [1.82, 2.24) is 4.90 Å². The average Bonchev–Trinajstić information content (AvgIpc) is 3.19. The van der Waals surface area contributed by atoms with Gasteiger partial charge < -0.3 is 14.7 Å². The molecule has 5 heteroatoms. The fraction of sp³-hybridized carbons (Fsp3) is 0.600. The quantitative estimate of drug-likeness (QED) is 0.824. The molecule has 1 aliphatic heterocycles. The van der Waals surface area contributed by atoms with Crippen molar-refractivity contribution >= 4 is 11.9 Å². The molecule has 2 fully saturated rings. The molecular formula is C20H27NO4. The third-order valence-corrected chi connectivity index (χ3v) is 5.49. The number of hydrogen-bond donors (Lipinski definition) is 1. The van der Waals surface area contributed by atoms with E-state index >= 15 is 0 Å². The van der Waals surface area contributed by atoms with E-state index in [4.69, 9.17) is 4.74 Å². The second-order valence-electron chi connectivity index (χ2n) is 7.18. The van der Waals surface area contributed by atoms with Crippen molar-refractivity contribution in [2.24, 2.45) is 11.8 Å². The van der Waals surface area contributed by atoms with Crippen molar-refractivity contribution in [2.75, 3.05) is 13.2 Å². The summed E-state index contributed by atoms with van der Waals surface area (Å²) in [6.07, 6.45) is 5.04. The molecule has 0 aromatic heterocycles. The van der Waals surface area contributed by atoms with Crippen LogP contribution in [0.1, 0.15) is 44.6 Å². The summed E-state index contributed by atoms with van der Waals surface area (Å²) < 4.78 is 5.56. The van der Waals surface area contributed by atoms with E-state index in [0.29, 0.717) is 31.9 Å². The smallest absolute Gasteiger partial charge is 0.326 e. The van der Waals surface area contributed by atoms with Crippen molar-refractivity contribution < 1.29 is 19.4 Å². The van der Waals surface area contributed by atoms with Crippen LogP contribution >= 0.6 is 0 Å². The number of aryl methyl sites for hydroxylation is 1. The zero-order chi connectivity index (χ0) is 17.8. The maximum Gasteiger partial charge on any atom is 0.326 e. The van der Waals surface area contributed by atoms with Gasteiger partial charge in [0.15, 0.2) is 0 Å². The van der Waals surface area contributed by atoms with Crippen molar-refractivity contribution in [3.05, 3.63) is 29.8 Å². The van der Waals surface area contributed by atoms with Gasteiger partial charge in [0.1, 0.15) is 11.8 Å². The van der Waals surface area contributed by atoms with Gasteiger partial charge in [-0.3, -0.25) is 4.79 Å². The van der Waals surface area contributed by atoms with E-state index < -0.39 is 12.0 Å². The summed E-state index contributed by atoms with van der Waals surface area (Å²) in [7, 11) is 0. The number of carboxylic acid groups (broad SMARTS) is 1. The first-order chi connectivity index (χ1) is 12.1. The summed E-state index contributed by atoms with van der Waals surface area (Å²) in [5.74, 6) is 0.486. The summed E-state index contributed by atoms with van der Waals surface area (Å²) in [4.78, 5) is 25.9. The maximum atomic E-state index is 12.6. The number of aliphatic carboxylic acids is 1. The molecule has 3 atom stereocenters. The Kier molecular flexibility index (Phi) is 5.61. The normalized spacial score (nSPS) is 25.0. The number of benzene rings is 1. The molecule has 1 amide bonds. The lowest BCUT2D eigenvalue weighted by molar-refractivity contribution is -0.149. The number of likely N-dealkylation sites (tertiary alicyclic amines) is 1. The lowest BCUT2D eigenvalue weighted by Crippen LogP contribution is -2.43. The predicted octanol–water partition coefficient (Wildman–Crippen LogP) is 3.12. The van der Waals surface area contributed by atoms with E-state index in [1.54, 1.807) is 4.90 Å². The summed E-state index contributed by atoms with van der Waals surface area (Å²) in [6.45, 7) is 3.38. The van der Waals surface area contributed by atoms with Crippen LogP contribution in [0.2, 0.25) is 0 Å². The molecule has 1 N–H and O–H groups in total. The summed E-state index contributed by atoms with van der Waals surface area (Å²) >= 11 is 0. The number of hydrogen-bond acceptors (Lipinski definition) is 3. The first-order valence-electron chi connectivity index (χ1n) is 9.34. The molecule has 3 unspecified atom stereocenters. The van der Waals surface area contributed by atoms with Gasteiger partial charge in [-0.05, 0) is 55.2 Å². The van der Waals surface area contributed by atoms with Crippen LogP contribution in [0, 0.1) is 11.8 Å². The topological polar surface area (TPSA) is 66.8 Å². The third-order valence-electron chi connectivity index (χ3n) is 5.49. The zero-order valence-electron chi connectivity index (χ0n) is 14.8. The number of carbonyl (C=O) groups is 2. The second kappa shape index (κ2) is 7.89. The van der Waals surface area contributed by atoms with Crippen LogP contribution in [0.15, 0.2) is 24.3 Å². The SMILES string of the molecule is CCCOc1ccc(CCC(=O)N2CC3CCCC3C2C(=O)O)cc1. The molecule has 3 rings (SSSR count). The Bertz CT molecular complexity index is 613. The fourth-order valence-electron chi connectivity index (χ4n) is 4.25. The Morgan fingerprint density at radius 1 is 1.24 bits per heavy atom. The van der Waals surface area contributed by atoms with E-state index in [1.165, 1.54) is 0 Å². The number of carboxylic acids is 1. The molecule has 1 aliphatic carbocycles. The number of fused-ring (bicyclic) bond motifs is 1. The molecular weight excluding hydrogens is 318 g/mol. The lowest BCUT2D eigenvalue weighted by Gasteiger charge is -2.24. The van der Waals surface area contributed by atoms with Gasteiger partial charge in [0.2, 0.25) is 5.91 Å². The standard InChI is InChI=1S/C20H27NO4/c1-2-12-25-16-9-6-14(7-10-16)8-11-18(22)21-13-15-4-3-5-17(15)19(21)20(23)24/h6-7,9-10,15,17,19H,2-5,8,11-13H2,1H3,(H,23,24). The van der Waals surface area contributed by atoms with Crippen LogP contribution in [0.25, 0.3) is 0 Å². The molecule has 136 valence electrons. The number of rotatable bonds is 7. The Balaban J connectivity index is 1.56. The van der Waals surface area contributed by atoms with Gasteiger partial charge in [-0.2, -0.15) is 0 Å². The molecule has 2 aliphatic rings. The average molecular weight is 345 g/mol. The Labute approximate surface area is 149 Å². The predicted molar refractivity (Wildman–Crippen MR) is 94.5 cm³/mol. The summed E-state index contributed by atoms with van der Waals surface area (Å²) in [6, 6.07) is 7.19. The van der Waals surface area contributed by atoms with Gasteiger partial charge >= 0.3 is 5.97 Å². The first kappa shape index (κ1) is 17.8. The molecule has 1 aromatic rings. The highest BCUT2D eigenvalue weighted by molar-refractivity contribution is 5.85. The molecule has 0 spiro atoms. The van der Waals surface area contributed by atoms with Gasteiger partial charge in [0.05, 0.1) is 6.61 Å². The number of ether oxygens (including phenoxy) is 1. The minimum Gasteiger partial charge on any atom is -0.494 e. The summed E-state index contributed by atoms with van der Waals surface area (Å²) in [5, 5.41) is 9.56. The van der Waals surface area contributed by atoms with Crippen molar-refractivity contribution in [3.8, 4) is 5.75 Å². The van der Waals surface area contributed by atoms with Gasteiger partial charge in [0.25, 0.3) is 0 Å². The minimum absolute atomic E-state index is 0.0342. The van der Waals surface area contributed by atoms with Crippen LogP contribution in [0.4, 0.5) is 0 Å². The molecule has 1 saturated heterocycles. The molecule has 1 heterocycles. The van der Waals surface area contributed by atoms with Crippen LogP contribution < -0.4 is 4.74 Å². The molecule has 1 aromatic carbocycles. The Morgan fingerprint density at radius 2 is 2.00 bits per heavy atom. The monoisotopic (exact) mass is 345 g/mol.